The van der Waals surface area contributed by atoms with Gasteiger partial charge in [0.1, 0.15) is 0 Å². The molecule has 3 nitrogen and oxygen atoms in total. The van der Waals surface area contributed by atoms with E-state index in [1.807, 2.05) is 0 Å². The Morgan fingerprint density at radius 2 is 1.17 bits per heavy atom. The molecular formula is ClO3PbSi-3. The first-order chi connectivity index (χ1) is 2.00. The van der Waals surface area contributed by atoms with Gasteiger partial charge in [-0.05, 0) is 0 Å². The van der Waals surface area contributed by atoms with Crippen LogP contribution in [0.1, 0.15) is 0 Å². The summed E-state index contributed by atoms with van der Waals surface area (Å²) in [6.45, 7) is 0. The number of hydrogen-bond acceptors (Lipinski definition) is 3. The van der Waals surface area contributed by atoms with Gasteiger partial charge in [0, 0.05) is 27.3 Å². The second kappa shape index (κ2) is 3.33. The van der Waals surface area contributed by atoms with E-state index in [9.17, 15) is 0 Å². The van der Waals surface area contributed by atoms with Crippen molar-refractivity contribution < 1.29 is 14.4 Å². The standard InChI is InChI=1S/ClO3Si.Pb/c1-5(2,3)4;/q-3;. The van der Waals surface area contributed by atoms with Gasteiger partial charge in [-0.1, -0.05) is 0 Å². The Hall–Kier alpha value is 1.31. The molecule has 0 aliphatic heterocycles. The quantitative estimate of drug-likeness (QED) is 0.342. The van der Waals surface area contributed by atoms with Crippen LogP contribution in [-0.2, 0) is 0 Å². The summed E-state index contributed by atoms with van der Waals surface area (Å²) in [6, 6.07) is 0. The molecule has 0 unspecified atom stereocenters. The summed E-state index contributed by atoms with van der Waals surface area (Å²) in [5, 5.41) is 0. The van der Waals surface area contributed by atoms with Crippen LogP contribution in [0.15, 0.2) is 0 Å². The van der Waals surface area contributed by atoms with Gasteiger partial charge >= 0.3 is 0 Å². The average Bonchev–Trinajstić information content (AvgIpc) is 0.722. The molecule has 0 saturated carbocycles. The molecule has 0 rings (SSSR count). The van der Waals surface area contributed by atoms with E-state index in [1.165, 1.54) is 0 Å². The maximum atomic E-state index is 8.90. The van der Waals surface area contributed by atoms with E-state index in [4.69, 9.17) is 14.4 Å². The first kappa shape index (κ1) is 10.3. The van der Waals surface area contributed by atoms with E-state index in [1.54, 1.807) is 0 Å². The molecule has 0 aromatic heterocycles. The minimum Gasteiger partial charge on any atom is -0.870 e. The van der Waals surface area contributed by atoms with Crippen LogP contribution in [0.3, 0.4) is 0 Å². The molecule has 0 bridgehead atoms. The Kier molecular flexibility index (Phi) is 5.73. The van der Waals surface area contributed by atoms with Crippen LogP contribution in [0, 0.1) is 0 Å². The van der Waals surface area contributed by atoms with Gasteiger partial charge in [0.25, 0.3) is 0 Å². The van der Waals surface area contributed by atoms with Crippen molar-refractivity contribution >= 4 is 46.5 Å². The van der Waals surface area contributed by atoms with Crippen LogP contribution >= 0.6 is 11.1 Å². The monoisotopic (exact) mass is 319 g/mol. The molecule has 0 fully saturated rings. The molecule has 6 heteroatoms. The first-order valence-corrected chi connectivity index (χ1v) is 3.54. The van der Waals surface area contributed by atoms with Gasteiger partial charge in [0.05, 0.1) is 0 Å². The third-order valence-corrected chi connectivity index (χ3v) is 0. The van der Waals surface area contributed by atoms with E-state index in [0.29, 0.717) is 0 Å². The largest absolute Gasteiger partial charge is 0.870 e. The summed E-state index contributed by atoms with van der Waals surface area (Å²) in [7, 11) is -4.89. The van der Waals surface area contributed by atoms with Gasteiger partial charge in [-0.3, -0.25) is 0 Å². The molecule has 0 aromatic rings. The maximum Gasteiger partial charge on any atom is 0 e. The Morgan fingerprint density at radius 1 is 1.17 bits per heavy atom. The minimum absolute atomic E-state index is 0. The number of halogens is 1. The molecule has 0 heterocycles. The van der Waals surface area contributed by atoms with Crippen LogP contribution in [0.4, 0.5) is 0 Å². The number of rotatable bonds is 0. The molecular weight excluding hydrogens is 319 g/mol. The fourth-order valence-electron chi connectivity index (χ4n) is 0. The second-order valence-electron chi connectivity index (χ2n) is 0.481. The summed E-state index contributed by atoms with van der Waals surface area (Å²) >= 11 is 4.00. The summed E-state index contributed by atoms with van der Waals surface area (Å²) in [6.07, 6.45) is 0. The van der Waals surface area contributed by atoms with E-state index in [2.05, 4.69) is 11.1 Å². The normalized spacial score (nSPS) is 10.0. The van der Waals surface area contributed by atoms with E-state index in [0.717, 1.165) is 0 Å². The van der Waals surface area contributed by atoms with Crippen molar-refractivity contribution in [2.24, 2.45) is 0 Å². The summed E-state index contributed by atoms with van der Waals surface area (Å²) < 4.78 is 0. The van der Waals surface area contributed by atoms with Crippen LogP contribution in [-0.4, -0.2) is 35.4 Å². The van der Waals surface area contributed by atoms with Crippen molar-refractivity contribution in [1.29, 1.82) is 0 Å². The first-order valence-electron chi connectivity index (χ1n) is 0.801. The van der Waals surface area contributed by atoms with Gasteiger partial charge in [-0.15, -0.1) is 0 Å². The smallest absolute Gasteiger partial charge is 0 e. The zero-order valence-electron chi connectivity index (χ0n) is 2.60. The zero-order valence-corrected chi connectivity index (χ0v) is 8.25. The van der Waals surface area contributed by atoms with Crippen molar-refractivity contribution in [3.63, 3.8) is 0 Å². The van der Waals surface area contributed by atoms with Crippen molar-refractivity contribution in [1.82, 2.24) is 0 Å². The fraction of sp³-hybridized carbons (Fsp3) is 0. The molecule has 0 aliphatic carbocycles. The molecule has 0 amide bonds. The predicted molar refractivity (Wildman–Crippen MR) is 17.4 cm³/mol. The number of hydrogen-bond donors (Lipinski definition) is 0. The van der Waals surface area contributed by atoms with Crippen molar-refractivity contribution in [3.8, 4) is 0 Å². The van der Waals surface area contributed by atoms with Gasteiger partial charge < -0.3 is 14.4 Å². The van der Waals surface area contributed by atoms with Gasteiger partial charge in [-0.25, -0.2) is 11.1 Å². The third kappa shape index (κ3) is 57.5. The van der Waals surface area contributed by atoms with Crippen LogP contribution in [0.5, 0.6) is 0 Å². The molecule has 4 radical (unpaired) electrons. The Labute approximate surface area is 60.8 Å². The Balaban J connectivity index is 0. The molecule has 6 heavy (non-hydrogen) atoms. The van der Waals surface area contributed by atoms with E-state index in [-0.39, 0.29) is 27.3 Å². The van der Waals surface area contributed by atoms with Gasteiger partial charge in [0.15, 0.2) is 0 Å². The van der Waals surface area contributed by atoms with Crippen LogP contribution in [0.25, 0.3) is 0 Å². The van der Waals surface area contributed by atoms with Crippen LogP contribution < -0.4 is 14.4 Å². The molecule has 0 aromatic carbocycles. The molecule has 0 saturated heterocycles. The van der Waals surface area contributed by atoms with E-state index < -0.39 is 8.11 Å². The predicted octanol–water partition coefficient (Wildman–Crippen LogP) is -3.64. The SMILES string of the molecule is [O-][Si]([O-])([O-])Cl.[Pb]. The van der Waals surface area contributed by atoms with Crippen molar-refractivity contribution in [2.75, 3.05) is 0 Å². The molecule has 0 spiro atoms. The maximum absolute atomic E-state index is 8.90. The summed E-state index contributed by atoms with van der Waals surface area (Å²) in [5.74, 6) is 0. The summed E-state index contributed by atoms with van der Waals surface area (Å²) in [5.41, 5.74) is 0. The van der Waals surface area contributed by atoms with Crippen LogP contribution in [0.2, 0.25) is 0 Å². The van der Waals surface area contributed by atoms with Crippen molar-refractivity contribution in [3.05, 3.63) is 0 Å². The van der Waals surface area contributed by atoms with E-state index >= 15 is 0 Å². The van der Waals surface area contributed by atoms with Crippen molar-refractivity contribution in [2.45, 2.75) is 0 Å². The van der Waals surface area contributed by atoms with Gasteiger partial charge in [-0.2, -0.15) is 8.11 Å². The fourth-order valence-corrected chi connectivity index (χ4v) is 0. The minimum atomic E-state index is -4.89. The molecule has 0 N–H and O–H groups in total. The Morgan fingerprint density at radius 3 is 1.17 bits per heavy atom. The average molecular weight is 319 g/mol. The van der Waals surface area contributed by atoms with Gasteiger partial charge in [0.2, 0.25) is 0 Å². The zero-order chi connectivity index (χ0) is 4.50. The topological polar surface area (TPSA) is 69.2 Å². The molecule has 0 atom stereocenters. The molecule has 0 aliphatic rings. The second-order valence-corrected chi connectivity index (χ2v) is 2.83. The Bertz CT molecular complexity index is 26.3. The third-order valence-electron chi connectivity index (χ3n) is 0. The summed E-state index contributed by atoms with van der Waals surface area (Å²) in [4.78, 5) is 26.7. The molecule has 36 valence electrons.